The molecule has 1 aromatic carbocycles. The number of hydrogen-bond donors (Lipinski definition) is 0. The van der Waals surface area contributed by atoms with Crippen LogP contribution in [0.25, 0.3) is 21.6 Å². The average Bonchev–Trinajstić information content (AvgIpc) is 2.74. The van der Waals surface area contributed by atoms with Crippen LogP contribution >= 0.6 is 22.9 Å². The molecule has 0 spiro atoms. The van der Waals surface area contributed by atoms with Gasteiger partial charge in [0.1, 0.15) is 15.7 Å². The van der Waals surface area contributed by atoms with Crippen LogP contribution in [-0.4, -0.2) is 17.1 Å². The van der Waals surface area contributed by atoms with Crippen LogP contribution in [0, 0.1) is 13.8 Å². The molecule has 3 rings (SSSR count). The van der Waals surface area contributed by atoms with Crippen LogP contribution in [0.15, 0.2) is 24.3 Å². The molecular weight excluding hydrogens is 292 g/mol. The second-order valence-corrected chi connectivity index (χ2v) is 6.09. The predicted octanol–water partition coefficient (Wildman–Crippen LogP) is 4.64. The summed E-state index contributed by atoms with van der Waals surface area (Å²) in [6.45, 7) is 4.12. The van der Waals surface area contributed by atoms with Crippen LogP contribution in [0.2, 0.25) is 5.15 Å². The van der Waals surface area contributed by atoms with E-state index >= 15 is 0 Å². The van der Waals surface area contributed by atoms with Gasteiger partial charge in [-0.1, -0.05) is 23.7 Å². The first-order valence-electron chi connectivity index (χ1n) is 6.18. The molecule has 2 aromatic heterocycles. The minimum absolute atomic E-state index is 0.509. The van der Waals surface area contributed by atoms with E-state index in [1.54, 1.807) is 18.4 Å². The maximum absolute atomic E-state index is 6.33. The Morgan fingerprint density at radius 1 is 1.20 bits per heavy atom. The van der Waals surface area contributed by atoms with Gasteiger partial charge in [0.05, 0.1) is 12.5 Å². The van der Waals surface area contributed by atoms with E-state index in [0.717, 1.165) is 27.1 Å². The highest BCUT2D eigenvalue weighted by molar-refractivity contribution is 7.18. The van der Waals surface area contributed by atoms with Gasteiger partial charge < -0.3 is 4.74 Å². The third-order valence-corrected chi connectivity index (χ3v) is 4.69. The molecule has 0 amide bonds. The van der Waals surface area contributed by atoms with Gasteiger partial charge in [0, 0.05) is 10.4 Å². The fraction of sp³-hybridized carbons (Fsp3) is 0.200. The topological polar surface area (TPSA) is 35.0 Å². The Kier molecular flexibility index (Phi) is 3.36. The van der Waals surface area contributed by atoms with Gasteiger partial charge in [-0.2, -0.15) is 0 Å². The van der Waals surface area contributed by atoms with Crippen molar-refractivity contribution in [2.45, 2.75) is 13.8 Å². The fourth-order valence-corrected chi connectivity index (χ4v) is 3.49. The number of benzene rings is 1. The molecule has 0 aliphatic heterocycles. The van der Waals surface area contributed by atoms with Crippen LogP contribution in [-0.2, 0) is 0 Å². The number of hydrogen-bond acceptors (Lipinski definition) is 4. The molecule has 0 unspecified atom stereocenters. The molecule has 3 aromatic rings. The van der Waals surface area contributed by atoms with Crippen LogP contribution in [0.4, 0.5) is 0 Å². The minimum atomic E-state index is 0.509. The first-order valence-corrected chi connectivity index (χ1v) is 7.37. The first kappa shape index (κ1) is 13.3. The lowest BCUT2D eigenvalue weighted by atomic mass is 10.2. The quantitative estimate of drug-likeness (QED) is 0.647. The maximum atomic E-state index is 6.33. The molecule has 0 saturated heterocycles. The third-order valence-electron chi connectivity index (χ3n) is 3.31. The van der Waals surface area contributed by atoms with Gasteiger partial charge >= 0.3 is 0 Å². The van der Waals surface area contributed by atoms with Crippen LogP contribution in [0.3, 0.4) is 0 Å². The summed E-state index contributed by atoms with van der Waals surface area (Å²) in [5, 5.41) is 1.47. The van der Waals surface area contributed by atoms with Crippen molar-refractivity contribution in [3.05, 3.63) is 39.9 Å². The van der Waals surface area contributed by atoms with Gasteiger partial charge in [0.15, 0.2) is 5.82 Å². The van der Waals surface area contributed by atoms with Gasteiger partial charge in [-0.25, -0.2) is 9.97 Å². The third kappa shape index (κ3) is 2.15. The normalized spacial score (nSPS) is 11.0. The number of aromatic nitrogens is 2. The molecule has 0 atom stereocenters. The SMILES string of the molecule is COc1cccc(-c2nc(Cl)c3c(C)c(C)sc3n2)c1. The molecule has 3 nitrogen and oxygen atoms in total. The van der Waals surface area contributed by atoms with E-state index < -0.39 is 0 Å². The summed E-state index contributed by atoms with van der Waals surface area (Å²) in [4.78, 5) is 11.2. The standard InChI is InChI=1S/C15H13ClN2OS/c1-8-9(2)20-15-12(8)13(16)17-14(18-15)10-5-4-6-11(7-10)19-3/h4-7H,1-3H3. The zero-order valence-electron chi connectivity index (χ0n) is 11.4. The number of thiophene rings is 1. The van der Waals surface area contributed by atoms with Crippen molar-refractivity contribution in [1.29, 1.82) is 0 Å². The summed E-state index contributed by atoms with van der Waals surface area (Å²) in [6, 6.07) is 7.67. The number of fused-ring (bicyclic) bond motifs is 1. The molecule has 0 saturated carbocycles. The molecule has 0 bridgehead atoms. The smallest absolute Gasteiger partial charge is 0.162 e. The van der Waals surface area contributed by atoms with Crippen LogP contribution in [0.1, 0.15) is 10.4 Å². The monoisotopic (exact) mass is 304 g/mol. The van der Waals surface area contributed by atoms with Crippen LogP contribution in [0.5, 0.6) is 5.75 Å². The molecule has 0 N–H and O–H groups in total. The zero-order valence-corrected chi connectivity index (χ0v) is 13.0. The minimum Gasteiger partial charge on any atom is -0.497 e. The summed E-state index contributed by atoms with van der Waals surface area (Å²) in [5.41, 5.74) is 2.06. The highest BCUT2D eigenvalue weighted by Crippen LogP contribution is 2.34. The summed E-state index contributed by atoms with van der Waals surface area (Å²) in [5.74, 6) is 1.41. The molecule has 0 aliphatic rings. The van der Waals surface area contributed by atoms with Crippen molar-refractivity contribution in [3.63, 3.8) is 0 Å². The molecule has 2 heterocycles. The Bertz CT molecular complexity index is 798. The highest BCUT2D eigenvalue weighted by atomic mass is 35.5. The van der Waals surface area contributed by atoms with Crippen molar-refractivity contribution >= 4 is 33.2 Å². The molecule has 0 aliphatic carbocycles. The largest absolute Gasteiger partial charge is 0.497 e. The predicted molar refractivity (Wildman–Crippen MR) is 83.9 cm³/mol. The molecule has 102 valence electrons. The lowest BCUT2D eigenvalue weighted by Crippen LogP contribution is -1.91. The number of aryl methyl sites for hydroxylation is 2. The Morgan fingerprint density at radius 2 is 2.00 bits per heavy atom. The number of nitrogens with zero attached hydrogens (tertiary/aromatic N) is 2. The molecule has 0 radical (unpaired) electrons. The van der Waals surface area contributed by atoms with Crippen LogP contribution < -0.4 is 4.74 Å². The number of methoxy groups -OCH3 is 1. The Balaban J connectivity index is 2.22. The van der Waals surface area contributed by atoms with E-state index in [1.165, 1.54) is 4.88 Å². The van der Waals surface area contributed by atoms with E-state index in [9.17, 15) is 0 Å². The Labute approximate surface area is 126 Å². The zero-order chi connectivity index (χ0) is 14.3. The van der Waals surface area contributed by atoms with Gasteiger partial charge in [0.25, 0.3) is 0 Å². The maximum Gasteiger partial charge on any atom is 0.162 e. The average molecular weight is 305 g/mol. The molecule has 20 heavy (non-hydrogen) atoms. The first-order chi connectivity index (χ1) is 9.60. The fourth-order valence-electron chi connectivity index (χ4n) is 2.09. The molecule has 5 heteroatoms. The van der Waals surface area contributed by atoms with Crippen molar-refractivity contribution in [1.82, 2.24) is 9.97 Å². The summed E-state index contributed by atoms with van der Waals surface area (Å²) >= 11 is 7.97. The molecular formula is C15H13ClN2OS. The second kappa shape index (κ2) is 5.04. The molecule has 0 fully saturated rings. The van der Waals surface area contributed by atoms with Gasteiger partial charge in [-0.15, -0.1) is 11.3 Å². The summed E-state index contributed by atoms with van der Waals surface area (Å²) < 4.78 is 5.23. The lowest BCUT2D eigenvalue weighted by molar-refractivity contribution is 0.415. The second-order valence-electron chi connectivity index (χ2n) is 4.53. The van der Waals surface area contributed by atoms with Crippen molar-refractivity contribution < 1.29 is 4.74 Å². The Hall–Kier alpha value is -1.65. The lowest BCUT2D eigenvalue weighted by Gasteiger charge is -2.04. The van der Waals surface area contributed by atoms with Crippen molar-refractivity contribution in [3.8, 4) is 17.1 Å². The van der Waals surface area contributed by atoms with Gasteiger partial charge in [-0.05, 0) is 31.5 Å². The van der Waals surface area contributed by atoms with E-state index in [1.807, 2.05) is 24.3 Å². The van der Waals surface area contributed by atoms with Gasteiger partial charge in [0.2, 0.25) is 0 Å². The number of rotatable bonds is 2. The highest BCUT2D eigenvalue weighted by Gasteiger charge is 2.14. The van der Waals surface area contributed by atoms with E-state index in [2.05, 4.69) is 23.8 Å². The van der Waals surface area contributed by atoms with Crippen molar-refractivity contribution in [2.75, 3.05) is 7.11 Å². The van der Waals surface area contributed by atoms with E-state index in [0.29, 0.717) is 11.0 Å². The summed E-state index contributed by atoms with van der Waals surface area (Å²) in [6.07, 6.45) is 0. The van der Waals surface area contributed by atoms with E-state index in [-0.39, 0.29) is 0 Å². The number of halogens is 1. The Morgan fingerprint density at radius 3 is 2.75 bits per heavy atom. The number of ether oxygens (including phenoxy) is 1. The van der Waals surface area contributed by atoms with Crippen molar-refractivity contribution in [2.24, 2.45) is 0 Å². The van der Waals surface area contributed by atoms with Gasteiger partial charge in [-0.3, -0.25) is 0 Å². The van der Waals surface area contributed by atoms with E-state index in [4.69, 9.17) is 16.3 Å². The summed E-state index contributed by atoms with van der Waals surface area (Å²) in [7, 11) is 1.64.